The molecule has 1 aliphatic carbocycles. The average molecular weight is 412 g/mol. The highest BCUT2D eigenvalue weighted by atomic mass is 32.2. The molecule has 1 aromatic heterocycles. The lowest BCUT2D eigenvalue weighted by Crippen LogP contribution is -2.32. The van der Waals surface area contributed by atoms with E-state index in [1.54, 1.807) is 21.6 Å². The van der Waals surface area contributed by atoms with Crippen LogP contribution in [0.15, 0.2) is 58.5 Å². The highest BCUT2D eigenvalue weighted by Gasteiger charge is 2.29. The molecule has 1 aliphatic rings. The van der Waals surface area contributed by atoms with Gasteiger partial charge in [-0.1, -0.05) is 36.0 Å². The summed E-state index contributed by atoms with van der Waals surface area (Å²) in [4.78, 5) is 32.0. The molecule has 29 heavy (non-hydrogen) atoms. The van der Waals surface area contributed by atoms with Crippen molar-refractivity contribution in [1.82, 2.24) is 14.5 Å². The number of para-hydroxylation sites is 1. The van der Waals surface area contributed by atoms with E-state index in [9.17, 15) is 14.0 Å². The molecule has 0 radical (unpaired) electrons. The second kappa shape index (κ2) is 8.37. The van der Waals surface area contributed by atoms with Gasteiger partial charge in [0.1, 0.15) is 5.82 Å². The van der Waals surface area contributed by atoms with Crippen LogP contribution in [-0.4, -0.2) is 32.7 Å². The topological polar surface area (TPSA) is 55.2 Å². The SMILES string of the molecule is CCN(Cc1cccc(F)c1)C(=O)CSc1nc2ccccc2c(=O)n1C1CC1. The van der Waals surface area contributed by atoms with Gasteiger partial charge in [-0.15, -0.1) is 0 Å². The number of rotatable bonds is 7. The number of aromatic nitrogens is 2. The maximum Gasteiger partial charge on any atom is 0.262 e. The Balaban J connectivity index is 1.53. The van der Waals surface area contributed by atoms with Gasteiger partial charge in [0.15, 0.2) is 5.16 Å². The zero-order valence-electron chi connectivity index (χ0n) is 16.2. The molecule has 0 unspecified atom stereocenters. The number of nitrogens with zero attached hydrogens (tertiary/aromatic N) is 3. The predicted molar refractivity (Wildman–Crippen MR) is 112 cm³/mol. The van der Waals surface area contributed by atoms with Gasteiger partial charge in [0, 0.05) is 19.1 Å². The van der Waals surface area contributed by atoms with Gasteiger partial charge in [-0.05, 0) is 49.6 Å². The van der Waals surface area contributed by atoms with Gasteiger partial charge in [0.2, 0.25) is 5.91 Å². The fourth-order valence-electron chi connectivity index (χ4n) is 3.33. The second-order valence-electron chi connectivity index (χ2n) is 7.14. The Bertz CT molecular complexity index is 1110. The highest BCUT2D eigenvalue weighted by molar-refractivity contribution is 7.99. The molecular formula is C22H22FN3O2S. The minimum atomic E-state index is -0.311. The first-order valence-electron chi connectivity index (χ1n) is 9.73. The number of carbonyl (C=O) groups excluding carboxylic acids is 1. The average Bonchev–Trinajstić information content (AvgIpc) is 3.55. The van der Waals surface area contributed by atoms with Crippen LogP contribution in [0, 0.1) is 5.82 Å². The van der Waals surface area contributed by atoms with Crippen molar-refractivity contribution in [3.05, 3.63) is 70.3 Å². The van der Waals surface area contributed by atoms with E-state index >= 15 is 0 Å². The van der Waals surface area contributed by atoms with Gasteiger partial charge >= 0.3 is 0 Å². The Morgan fingerprint density at radius 3 is 2.76 bits per heavy atom. The van der Waals surface area contributed by atoms with Crippen LogP contribution in [0.2, 0.25) is 0 Å². The second-order valence-corrected chi connectivity index (χ2v) is 8.09. The third kappa shape index (κ3) is 4.34. The van der Waals surface area contributed by atoms with Gasteiger partial charge < -0.3 is 4.90 Å². The molecule has 5 nitrogen and oxygen atoms in total. The molecule has 0 bridgehead atoms. The summed E-state index contributed by atoms with van der Waals surface area (Å²) < 4.78 is 15.2. The fraction of sp³-hybridized carbons (Fsp3) is 0.318. The molecule has 1 amide bonds. The smallest absolute Gasteiger partial charge is 0.262 e. The van der Waals surface area contributed by atoms with Gasteiger partial charge in [0.05, 0.1) is 16.7 Å². The summed E-state index contributed by atoms with van der Waals surface area (Å²) in [6.07, 6.45) is 1.92. The minimum absolute atomic E-state index is 0.0415. The standard InChI is InChI=1S/C22H22FN3O2S/c1-2-25(13-15-6-5-7-16(23)12-15)20(27)14-29-22-24-19-9-4-3-8-18(19)21(28)26(22)17-10-11-17/h3-9,12,17H,2,10-11,13-14H2,1H3. The minimum Gasteiger partial charge on any atom is -0.338 e. The van der Waals surface area contributed by atoms with Crippen LogP contribution >= 0.6 is 11.8 Å². The third-order valence-electron chi connectivity index (χ3n) is 5.01. The Kier molecular flexibility index (Phi) is 5.67. The van der Waals surface area contributed by atoms with E-state index < -0.39 is 0 Å². The first-order valence-corrected chi connectivity index (χ1v) is 10.7. The number of carbonyl (C=O) groups is 1. The molecule has 0 spiro atoms. The first-order chi connectivity index (χ1) is 14.1. The fourth-order valence-corrected chi connectivity index (χ4v) is 4.30. The monoisotopic (exact) mass is 411 g/mol. The van der Waals surface area contributed by atoms with E-state index in [4.69, 9.17) is 0 Å². The van der Waals surface area contributed by atoms with Crippen LogP contribution in [0.25, 0.3) is 10.9 Å². The van der Waals surface area contributed by atoms with E-state index in [-0.39, 0.29) is 29.1 Å². The summed E-state index contributed by atoms with van der Waals surface area (Å²) in [5, 5.41) is 1.20. The molecule has 4 rings (SSSR count). The Hall–Kier alpha value is -2.67. The molecule has 150 valence electrons. The molecule has 1 fully saturated rings. The van der Waals surface area contributed by atoms with E-state index in [0.29, 0.717) is 29.1 Å². The van der Waals surface area contributed by atoms with Crippen molar-refractivity contribution >= 4 is 28.6 Å². The number of hydrogen-bond donors (Lipinski definition) is 0. The maximum absolute atomic E-state index is 13.4. The van der Waals surface area contributed by atoms with Crippen molar-refractivity contribution in [3.63, 3.8) is 0 Å². The number of thioether (sulfide) groups is 1. The summed E-state index contributed by atoms with van der Waals surface area (Å²) in [6, 6.07) is 13.8. The van der Waals surface area contributed by atoms with Crippen molar-refractivity contribution in [3.8, 4) is 0 Å². The molecule has 3 aromatic rings. The molecule has 1 heterocycles. The molecular weight excluding hydrogens is 389 g/mol. The van der Waals surface area contributed by atoms with Crippen molar-refractivity contribution < 1.29 is 9.18 Å². The van der Waals surface area contributed by atoms with E-state index in [1.807, 2.05) is 31.2 Å². The Morgan fingerprint density at radius 1 is 1.24 bits per heavy atom. The van der Waals surface area contributed by atoms with Crippen LogP contribution < -0.4 is 5.56 Å². The molecule has 0 saturated heterocycles. The lowest BCUT2D eigenvalue weighted by atomic mass is 10.2. The quantitative estimate of drug-likeness (QED) is 0.435. The van der Waals surface area contributed by atoms with Crippen molar-refractivity contribution in [1.29, 1.82) is 0 Å². The maximum atomic E-state index is 13.4. The molecule has 0 aliphatic heterocycles. The highest BCUT2D eigenvalue weighted by Crippen LogP contribution is 2.36. The Labute approximate surface area is 172 Å². The van der Waals surface area contributed by atoms with Gasteiger partial charge in [-0.3, -0.25) is 14.2 Å². The number of hydrogen-bond acceptors (Lipinski definition) is 4. The van der Waals surface area contributed by atoms with E-state index in [2.05, 4.69) is 4.98 Å². The van der Waals surface area contributed by atoms with Crippen LogP contribution in [-0.2, 0) is 11.3 Å². The zero-order chi connectivity index (χ0) is 20.4. The largest absolute Gasteiger partial charge is 0.338 e. The summed E-state index contributed by atoms with van der Waals surface area (Å²) in [5.74, 6) is -0.193. The van der Waals surface area contributed by atoms with Gasteiger partial charge in [0.25, 0.3) is 5.56 Å². The number of benzene rings is 2. The normalized spacial score (nSPS) is 13.6. The Morgan fingerprint density at radius 2 is 2.03 bits per heavy atom. The van der Waals surface area contributed by atoms with Crippen molar-refractivity contribution in [2.45, 2.75) is 37.5 Å². The zero-order valence-corrected chi connectivity index (χ0v) is 17.0. The lowest BCUT2D eigenvalue weighted by Gasteiger charge is -2.21. The van der Waals surface area contributed by atoms with Crippen LogP contribution in [0.4, 0.5) is 4.39 Å². The van der Waals surface area contributed by atoms with Crippen molar-refractivity contribution in [2.75, 3.05) is 12.3 Å². The number of halogens is 1. The first kappa shape index (κ1) is 19.6. The summed E-state index contributed by atoms with van der Waals surface area (Å²) in [7, 11) is 0. The van der Waals surface area contributed by atoms with Crippen LogP contribution in [0.5, 0.6) is 0 Å². The molecule has 2 aromatic carbocycles. The van der Waals surface area contributed by atoms with Gasteiger partial charge in [-0.2, -0.15) is 0 Å². The lowest BCUT2D eigenvalue weighted by molar-refractivity contribution is -0.128. The van der Waals surface area contributed by atoms with E-state index in [0.717, 1.165) is 18.4 Å². The van der Waals surface area contributed by atoms with Crippen LogP contribution in [0.1, 0.15) is 31.4 Å². The van der Waals surface area contributed by atoms with E-state index in [1.165, 1.54) is 23.9 Å². The number of fused-ring (bicyclic) bond motifs is 1. The molecule has 0 N–H and O–H groups in total. The molecule has 1 saturated carbocycles. The summed E-state index contributed by atoms with van der Waals surface area (Å²) >= 11 is 1.30. The van der Waals surface area contributed by atoms with Crippen LogP contribution in [0.3, 0.4) is 0 Å². The van der Waals surface area contributed by atoms with Crippen molar-refractivity contribution in [2.24, 2.45) is 0 Å². The molecule has 0 atom stereocenters. The summed E-state index contributed by atoms with van der Waals surface area (Å²) in [5.41, 5.74) is 1.36. The summed E-state index contributed by atoms with van der Waals surface area (Å²) in [6.45, 7) is 2.78. The number of amides is 1. The predicted octanol–water partition coefficient (Wildman–Crippen LogP) is 4.01. The third-order valence-corrected chi connectivity index (χ3v) is 5.95. The van der Waals surface area contributed by atoms with Gasteiger partial charge in [-0.25, -0.2) is 9.37 Å². The molecule has 7 heteroatoms.